The van der Waals surface area contributed by atoms with Gasteiger partial charge < -0.3 is 4.74 Å². The van der Waals surface area contributed by atoms with Crippen LogP contribution < -0.4 is 13.9 Å². The lowest BCUT2D eigenvalue weighted by atomic mass is 10.1. The number of anilines is 2. The van der Waals surface area contributed by atoms with Gasteiger partial charge >= 0.3 is 0 Å². The number of hydrogen-bond donors (Lipinski definition) is 0. The van der Waals surface area contributed by atoms with Gasteiger partial charge in [0.05, 0.1) is 27.9 Å². The van der Waals surface area contributed by atoms with Crippen LogP contribution >= 0.6 is 11.3 Å². The van der Waals surface area contributed by atoms with E-state index in [2.05, 4.69) is 4.98 Å². The number of thiazole rings is 1. The van der Waals surface area contributed by atoms with E-state index in [0.29, 0.717) is 34.2 Å². The summed E-state index contributed by atoms with van der Waals surface area (Å²) in [6, 6.07) is 19.2. The first-order chi connectivity index (χ1) is 16.3. The Morgan fingerprint density at radius 1 is 1.06 bits per heavy atom. The fraction of sp³-hybridized carbons (Fsp3) is 0.200. The van der Waals surface area contributed by atoms with Crippen LogP contribution in [-0.2, 0) is 10.0 Å². The molecule has 3 aromatic carbocycles. The van der Waals surface area contributed by atoms with Crippen LogP contribution in [0.2, 0.25) is 0 Å². The Labute approximate surface area is 203 Å². The minimum absolute atomic E-state index is 0.0233. The number of aryl methyl sites for hydroxylation is 1. The Morgan fingerprint density at radius 2 is 1.76 bits per heavy atom. The van der Waals surface area contributed by atoms with Crippen molar-refractivity contribution in [2.45, 2.75) is 18.7 Å². The summed E-state index contributed by atoms with van der Waals surface area (Å²) in [5.74, 6) is 0.140. The molecular formula is C25H25N3O4S2. The lowest BCUT2D eigenvalue weighted by Gasteiger charge is -2.23. The maximum atomic E-state index is 13.6. The van der Waals surface area contributed by atoms with E-state index in [1.54, 1.807) is 42.2 Å². The minimum atomic E-state index is -3.95. The average Bonchev–Trinajstić information content (AvgIpc) is 3.27. The zero-order chi connectivity index (χ0) is 24.5. The normalized spacial score (nSPS) is 11.4. The molecule has 0 aliphatic rings. The molecule has 4 rings (SSSR count). The number of rotatable bonds is 7. The molecule has 0 atom stereocenters. The summed E-state index contributed by atoms with van der Waals surface area (Å²) in [5.41, 5.74) is 2.22. The molecule has 0 saturated carbocycles. The predicted molar refractivity (Wildman–Crippen MR) is 137 cm³/mol. The molecule has 34 heavy (non-hydrogen) atoms. The van der Waals surface area contributed by atoms with Gasteiger partial charge in [-0.15, -0.1) is 0 Å². The Hall–Kier alpha value is -3.43. The van der Waals surface area contributed by atoms with Gasteiger partial charge in [0.2, 0.25) is 0 Å². The Morgan fingerprint density at radius 3 is 2.47 bits per heavy atom. The second kappa shape index (κ2) is 9.44. The number of benzene rings is 3. The highest BCUT2D eigenvalue weighted by Crippen LogP contribution is 2.33. The molecule has 0 fully saturated rings. The van der Waals surface area contributed by atoms with Gasteiger partial charge in [-0.2, -0.15) is 0 Å². The topological polar surface area (TPSA) is 79.8 Å². The van der Waals surface area contributed by atoms with E-state index < -0.39 is 10.0 Å². The average molecular weight is 496 g/mol. The molecule has 1 aromatic heterocycles. The molecule has 0 aliphatic heterocycles. The quantitative estimate of drug-likeness (QED) is 0.356. The van der Waals surface area contributed by atoms with E-state index >= 15 is 0 Å². The molecule has 1 amide bonds. The van der Waals surface area contributed by atoms with Crippen LogP contribution in [0.25, 0.3) is 10.2 Å². The third-order valence-electron chi connectivity index (χ3n) is 5.60. The molecule has 0 saturated heterocycles. The third-order valence-corrected chi connectivity index (χ3v) is 8.42. The monoisotopic (exact) mass is 495 g/mol. The molecule has 0 bridgehead atoms. The second-order valence-electron chi connectivity index (χ2n) is 7.63. The summed E-state index contributed by atoms with van der Waals surface area (Å²) in [6.45, 7) is 4.06. The number of carbonyl (C=O) groups excluding carboxylic acids is 1. The van der Waals surface area contributed by atoms with Gasteiger partial charge in [0.15, 0.2) is 5.13 Å². The van der Waals surface area contributed by atoms with E-state index in [4.69, 9.17) is 4.74 Å². The highest BCUT2D eigenvalue weighted by molar-refractivity contribution is 7.92. The summed E-state index contributed by atoms with van der Waals surface area (Å²) in [4.78, 5) is 19.8. The van der Waals surface area contributed by atoms with Gasteiger partial charge in [0, 0.05) is 19.2 Å². The molecule has 9 heteroatoms. The van der Waals surface area contributed by atoms with Crippen LogP contribution in [0.3, 0.4) is 0 Å². The van der Waals surface area contributed by atoms with Crippen LogP contribution in [0.5, 0.6) is 5.75 Å². The number of methoxy groups -OCH3 is 1. The lowest BCUT2D eigenvalue weighted by Crippen LogP contribution is -2.32. The highest BCUT2D eigenvalue weighted by Gasteiger charge is 2.27. The van der Waals surface area contributed by atoms with Crippen LogP contribution in [0, 0.1) is 6.92 Å². The Bertz CT molecular complexity index is 1430. The van der Waals surface area contributed by atoms with Crippen LogP contribution in [0.15, 0.2) is 71.6 Å². The van der Waals surface area contributed by atoms with Crippen molar-refractivity contribution in [3.63, 3.8) is 0 Å². The van der Waals surface area contributed by atoms with Gasteiger partial charge in [0.1, 0.15) is 5.75 Å². The fourth-order valence-corrected chi connectivity index (χ4v) is 5.92. The largest absolute Gasteiger partial charge is 0.495 e. The summed E-state index contributed by atoms with van der Waals surface area (Å²) in [6.07, 6.45) is 0. The first-order valence-corrected chi connectivity index (χ1v) is 12.9. The number of sulfonamides is 1. The van der Waals surface area contributed by atoms with Gasteiger partial charge in [-0.25, -0.2) is 13.4 Å². The standard InChI is InChI=1S/C25H25N3O4S2/c1-5-28(25-26-20-10-6-9-13-23(20)33-25)24(29)19-16-18(15-14-17(19)2)34(30,31)27(3)21-11-7-8-12-22(21)32-4/h6-16H,5H2,1-4H3. The molecular weight excluding hydrogens is 470 g/mol. The molecule has 0 unspecified atom stereocenters. The SMILES string of the molecule is CCN(C(=O)c1cc(S(=O)(=O)N(C)c2ccccc2OC)ccc1C)c1nc2ccccc2s1. The zero-order valence-electron chi connectivity index (χ0n) is 19.3. The molecule has 176 valence electrons. The molecule has 0 N–H and O–H groups in total. The van der Waals surface area contributed by atoms with Crippen molar-refractivity contribution in [1.82, 2.24) is 4.98 Å². The number of fused-ring (bicyclic) bond motifs is 1. The van der Waals surface area contributed by atoms with Crippen molar-refractivity contribution >= 4 is 48.3 Å². The summed E-state index contributed by atoms with van der Waals surface area (Å²) < 4.78 is 34.4. The third kappa shape index (κ3) is 4.24. The van der Waals surface area contributed by atoms with Crippen molar-refractivity contribution in [3.8, 4) is 5.75 Å². The lowest BCUT2D eigenvalue weighted by molar-refractivity contribution is 0.0987. The van der Waals surface area contributed by atoms with Gasteiger partial charge in [-0.1, -0.05) is 41.7 Å². The van der Waals surface area contributed by atoms with E-state index in [1.165, 1.54) is 37.6 Å². The minimum Gasteiger partial charge on any atom is -0.495 e. The highest BCUT2D eigenvalue weighted by atomic mass is 32.2. The van der Waals surface area contributed by atoms with Crippen molar-refractivity contribution in [2.75, 3.05) is 29.9 Å². The maximum absolute atomic E-state index is 13.6. The van der Waals surface area contributed by atoms with Gasteiger partial charge in [0.25, 0.3) is 15.9 Å². The first kappa shape index (κ1) is 23.7. The smallest absolute Gasteiger partial charge is 0.264 e. The number of aromatic nitrogens is 1. The van der Waals surface area contributed by atoms with Crippen LogP contribution in [-0.4, -0.2) is 40.0 Å². The van der Waals surface area contributed by atoms with E-state index in [1.807, 2.05) is 31.2 Å². The number of para-hydroxylation sites is 3. The van der Waals surface area contributed by atoms with Crippen LogP contribution in [0.1, 0.15) is 22.8 Å². The molecule has 4 aromatic rings. The predicted octanol–water partition coefficient (Wildman–Crippen LogP) is 5.11. The van der Waals surface area contributed by atoms with E-state index in [9.17, 15) is 13.2 Å². The summed E-state index contributed by atoms with van der Waals surface area (Å²) >= 11 is 1.43. The van der Waals surface area contributed by atoms with E-state index in [-0.39, 0.29) is 10.8 Å². The zero-order valence-corrected chi connectivity index (χ0v) is 21.0. The number of amides is 1. The summed E-state index contributed by atoms with van der Waals surface area (Å²) in [7, 11) is -0.990. The molecule has 7 nitrogen and oxygen atoms in total. The van der Waals surface area contributed by atoms with Gasteiger partial charge in [-0.3, -0.25) is 14.0 Å². The van der Waals surface area contributed by atoms with E-state index in [0.717, 1.165) is 14.5 Å². The fourth-order valence-electron chi connectivity index (χ4n) is 3.66. The Balaban J connectivity index is 1.73. The van der Waals surface area contributed by atoms with Gasteiger partial charge in [-0.05, 0) is 55.8 Å². The first-order valence-electron chi connectivity index (χ1n) is 10.7. The molecule has 0 aliphatic carbocycles. The van der Waals surface area contributed by atoms with Crippen molar-refractivity contribution in [2.24, 2.45) is 0 Å². The number of hydrogen-bond acceptors (Lipinski definition) is 6. The van der Waals surface area contributed by atoms with Crippen molar-refractivity contribution in [3.05, 3.63) is 77.9 Å². The molecule has 0 radical (unpaired) electrons. The van der Waals surface area contributed by atoms with Crippen molar-refractivity contribution in [1.29, 1.82) is 0 Å². The Kier molecular flexibility index (Phi) is 6.58. The summed E-state index contributed by atoms with van der Waals surface area (Å²) in [5, 5.41) is 0.576. The second-order valence-corrected chi connectivity index (χ2v) is 10.6. The van der Waals surface area contributed by atoms with Crippen molar-refractivity contribution < 1.29 is 17.9 Å². The molecule has 1 heterocycles. The number of ether oxygens (including phenoxy) is 1. The number of nitrogens with zero attached hydrogens (tertiary/aromatic N) is 3. The molecule has 0 spiro atoms. The number of carbonyl (C=O) groups is 1. The maximum Gasteiger partial charge on any atom is 0.264 e. The van der Waals surface area contributed by atoms with Crippen LogP contribution in [0.4, 0.5) is 10.8 Å².